The number of nitrogens with two attached hydrogens (primary N) is 1. The number of sulfonamides is 1. The lowest BCUT2D eigenvalue weighted by atomic mass is 9.90. The van der Waals surface area contributed by atoms with Gasteiger partial charge in [0, 0.05) is 13.1 Å². The summed E-state index contributed by atoms with van der Waals surface area (Å²) >= 11 is 0. The van der Waals surface area contributed by atoms with Crippen molar-refractivity contribution in [2.75, 3.05) is 26.7 Å². The predicted octanol–water partition coefficient (Wildman–Crippen LogP) is 1.85. The van der Waals surface area contributed by atoms with Gasteiger partial charge in [-0.25, -0.2) is 13.2 Å². The van der Waals surface area contributed by atoms with Crippen LogP contribution in [0.4, 0.5) is 13.2 Å². The van der Waals surface area contributed by atoms with Crippen LogP contribution in [0.2, 0.25) is 0 Å². The molecule has 1 aromatic carbocycles. The van der Waals surface area contributed by atoms with Crippen LogP contribution in [-0.2, 0) is 20.9 Å². The molecular weight excluding hydrogens is 361 g/mol. The number of alkyl halides is 3. The molecule has 1 atom stereocenters. The molecule has 0 amide bonds. The van der Waals surface area contributed by atoms with E-state index in [0.29, 0.717) is 12.5 Å². The third kappa shape index (κ3) is 3.80. The first kappa shape index (κ1) is 19.7. The Hall–Kier alpha value is -1.65. The molecule has 0 radical (unpaired) electrons. The van der Waals surface area contributed by atoms with Crippen molar-refractivity contribution in [3.05, 3.63) is 29.3 Å². The van der Waals surface area contributed by atoms with Crippen LogP contribution in [0.1, 0.15) is 29.3 Å². The van der Waals surface area contributed by atoms with Gasteiger partial charge in [0.25, 0.3) is 0 Å². The molecule has 25 heavy (non-hydrogen) atoms. The fraction of sp³-hybridized carbons (Fsp3) is 0.533. The van der Waals surface area contributed by atoms with Crippen molar-refractivity contribution in [2.45, 2.75) is 24.4 Å². The zero-order valence-corrected chi connectivity index (χ0v) is 14.6. The molecule has 2 rings (SSSR count). The molecule has 0 aromatic heterocycles. The zero-order valence-electron chi connectivity index (χ0n) is 13.8. The number of hydrogen-bond acceptors (Lipinski definition) is 5. The van der Waals surface area contributed by atoms with Gasteiger partial charge in [-0.3, -0.25) is 0 Å². The number of ether oxygens (including phenoxy) is 1. The molecule has 0 spiro atoms. The smallest absolute Gasteiger partial charge is 0.417 e. The van der Waals surface area contributed by atoms with E-state index in [-0.39, 0.29) is 19.6 Å². The van der Waals surface area contributed by atoms with E-state index in [2.05, 4.69) is 4.74 Å². The van der Waals surface area contributed by atoms with Crippen molar-refractivity contribution >= 4 is 16.0 Å². The first-order chi connectivity index (χ1) is 11.4. The van der Waals surface area contributed by atoms with E-state index in [1.54, 1.807) is 0 Å². The fourth-order valence-electron chi connectivity index (χ4n) is 2.71. The van der Waals surface area contributed by atoms with Crippen molar-refractivity contribution < 1.29 is 31.1 Å². The summed E-state index contributed by atoms with van der Waals surface area (Å²) < 4.78 is 70.5. The summed E-state index contributed by atoms with van der Waals surface area (Å²) in [6.45, 7) is 2.40. The van der Waals surface area contributed by atoms with Crippen molar-refractivity contribution in [3.8, 4) is 0 Å². The van der Waals surface area contributed by atoms with E-state index in [1.807, 2.05) is 6.92 Å². The summed E-state index contributed by atoms with van der Waals surface area (Å²) in [4.78, 5) is 11.0. The highest BCUT2D eigenvalue weighted by Crippen LogP contribution is 2.36. The average molecular weight is 380 g/mol. The Kier molecular flexibility index (Phi) is 5.18. The number of benzene rings is 1. The van der Waals surface area contributed by atoms with Gasteiger partial charge in [0.1, 0.15) is 0 Å². The number of rotatable bonds is 4. The SMILES string of the molecule is COC(=O)c1ccc(S(=O)(=O)N2CCC(C)(CN)C2)cc1C(F)(F)F. The number of carbonyl (C=O) groups is 1. The molecule has 2 N–H and O–H groups in total. The third-order valence-corrected chi connectivity index (χ3v) is 6.20. The maximum atomic E-state index is 13.2. The summed E-state index contributed by atoms with van der Waals surface area (Å²) in [7, 11) is -3.18. The highest BCUT2D eigenvalue weighted by Gasteiger charge is 2.41. The lowest BCUT2D eigenvalue weighted by Gasteiger charge is -2.23. The molecule has 0 aliphatic carbocycles. The molecule has 1 fully saturated rings. The number of carbonyl (C=O) groups excluding carboxylic acids is 1. The van der Waals surface area contributed by atoms with Gasteiger partial charge in [-0.15, -0.1) is 0 Å². The Labute approximate surface area is 143 Å². The van der Waals surface area contributed by atoms with Crippen molar-refractivity contribution in [1.82, 2.24) is 4.31 Å². The van der Waals surface area contributed by atoms with E-state index < -0.39 is 43.6 Å². The monoisotopic (exact) mass is 380 g/mol. The minimum Gasteiger partial charge on any atom is -0.465 e. The predicted molar refractivity (Wildman–Crippen MR) is 83.3 cm³/mol. The van der Waals surface area contributed by atoms with Gasteiger partial charge in [-0.2, -0.15) is 17.5 Å². The molecule has 1 aliphatic rings. The Morgan fingerprint density at radius 3 is 2.52 bits per heavy atom. The quantitative estimate of drug-likeness (QED) is 0.806. The molecule has 10 heteroatoms. The topological polar surface area (TPSA) is 89.7 Å². The maximum absolute atomic E-state index is 13.2. The van der Waals surface area contributed by atoms with Gasteiger partial charge in [0.2, 0.25) is 10.0 Å². The van der Waals surface area contributed by atoms with E-state index in [4.69, 9.17) is 5.73 Å². The summed E-state index contributed by atoms with van der Waals surface area (Å²) in [5.41, 5.74) is 3.15. The summed E-state index contributed by atoms with van der Waals surface area (Å²) in [6, 6.07) is 2.27. The lowest BCUT2D eigenvalue weighted by Crippen LogP contribution is -2.34. The molecule has 0 bridgehead atoms. The first-order valence-corrected chi connectivity index (χ1v) is 8.88. The summed E-state index contributed by atoms with van der Waals surface area (Å²) in [6.07, 6.45) is -4.37. The van der Waals surface area contributed by atoms with Gasteiger partial charge >= 0.3 is 12.1 Å². The Bertz CT molecular complexity index is 779. The van der Waals surface area contributed by atoms with Crippen LogP contribution < -0.4 is 5.73 Å². The number of halogens is 3. The Morgan fingerprint density at radius 1 is 1.40 bits per heavy atom. The highest BCUT2D eigenvalue weighted by molar-refractivity contribution is 7.89. The molecule has 140 valence electrons. The number of methoxy groups -OCH3 is 1. The van der Waals surface area contributed by atoms with Gasteiger partial charge in [0.05, 0.1) is 23.1 Å². The van der Waals surface area contributed by atoms with Gasteiger partial charge in [-0.05, 0) is 36.6 Å². The van der Waals surface area contributed by atoms with Crippen LogP contribution in [0.15, 0.2) is 23.1 Å². The zero-order chi connectivity index (χ0) is 19.0. The maximum Gasteiger partial charge on any atom is 0.417 e. The van der Waals surface area contributed by atoms with Crippen LogP contribution in [-0.4, -0.2) is 45.4 Å². The molecule has 0 saturated carbocycles. The van der Waals surface area contributed by atoms with Gasteiger partial charge < -0.3 is 10.5 Å². The van der Waals surface area contributed by atoms with Gasteiger partial charge in [0.15, 0.2) is 0 Å². The fourth-order valence-corrected chi connectivity index (χ4v) is 4.32. The lowest BCUT2D eigenvalue weighted by molar-refractivity contribution is -0.138. The normalized spacial score (nSPS) is 22.2. The van der Waals surface area contributed by atoms with Crippen molar-refractivity contribution in [3.63, 3.8) is 0 Å². The van der Waals surface area contributed by atoms with Crippen LogP contribution in [0.5, 0.6) is 0 Å². The minimum atomic E-state index is -4.90. The van der Waals surface area contributed by atoms with E-state index in [0.717, 1.165) is 23.5 Å². The second-order valence-corrected chi connectivity index (χ2v) is 8.24. The largest absolute Gasteiger partial charge is 0.465 e. The Balaban J connectivity index is 2.48. The van der Waals surface area contributed by atoms with Crippen LogP contribution in [0.3, 0.4) is 0 Å². The van der Waals surface area contributed by atoms with E-state index in [1.165, 1.54) is 0 Å². The molecule has 1 unspecified atom stereocenters. The van der Waals surface area contributed by atoms with E-state index >= 15 is 0 Å². The molecule has 6 nitrogen and oxygen atoms in total. The van der Waals surface area contributed by atoms with Crippen LogP contribution >= 0.6 is 0 Å². The standard InChI is InChI=1S/C15H19F3N2O4S/c1-14(8-19)5-6-20(9-14)25(22,23)10-3-4-11(13(21)24-2)12(7-10)15(16,17)18/h3-4,7H,5-6,8-9,19H2,1-2H3. The van der Waals surface area contributed by atoms with Gasteiger partial charge in [-0.1, -0.05) is 6.92 Å². The second kappa shape index (κ2) is 6.58. The van der Waals surface area contributed by atoms with Crippen LogP contribution in [0, 0.1) is 5.41 Å². The molecule has 1 aliphatic heterocycles. The highest BCUT2D eigenvalue weighted by atomic mass is 32.2. The van der Waals surface area contributed by atoms with Crippen molar-refractivity contribution in [1.29, 1.82) is 0 Å². The molecule has 1 saturated heterocycles. The van der Waals surface area contributed by atoms with Crippen molar-refractivity contribution in [2.24, 2.45) is 11.1 Å². The average Bonchev–Trinajstić information content (AvgIpc) is 2.96. The summed E-state index contributed by atoms with van der Waals surface area (Å²) in [5.74, 6) is -1.19. The third-order valence-electron chi connectivity index (χ3n) is 4.36. The summed E-state index contributed by atoms with van der Waals surface area (Å²) in [5, 5.41) is 0. The van der Waals surface area contributed by atoms with E-state index in [9.17, 15) is 26.4 Å². The van der Waals surface area contributed by atoms with Crippen LogP contribution in [0.25, 0.3) is 0 Å². The second-order valence-electron chi connectivity index (χ2n) is 6.30. The number of nitrogens with zero attached hydrogens (tertiary/aromatic N) is 1. The Morgan fingerprint density at radius 2 is 2.04 bits per heavy atom. The molecular formula is C15H19F3N2O4S. The minimum absolute atomic E-state index is 0.131. The molecule has 1 aromatic rings. The molecule has 1 heterocycles. The first-order valence-electron chi connectivity index (χ1n) is 7.44. The number of esters is 1. The number of hydrogen-bond donors (Lipinski definition) is 1.